The van der Waals surface area contributed by atoms with Crippen molar-refractivity contribution < 1.29 is 28.5 Å². The van der Waals surface area contributed by atoms with E-state index in [-0.39, 0.29) is 0 Å². The summed E-state index contributed by atoms with van der Waals surface area (Å²) in [5, 5.41) is 0. The Bertz CT molecular complexity index is 821. The fraction of sp³-hybridized carbons (Fsp3) is 0.364. The summed E-state index contributed by atoms with van der Waals surface area (Å²) in [5.74, 6) is -0.124. The molecule has 148 valence electrons. The van der Waals surface area contributed by atoms with Crippen LogP contribution in [0.25, 0.3) is 0 Å². The number of hydrogen-bond donors (Lipinski definition) is 0. The molecule has 1 fully saturated rings. The molecule has 1 aliphatic heterocycles. The van der Waals surface area contributed by atoms with E-state index < -0.39 is 23.6 Å². The minimum atomic E-state index is -1.23. The van der Waals surface area contributed by atoms with Crippen LogP contribution >= 0.6 is 0 Å². The summed E-state index contributed by atoms with van der Waals surface area (Å²) in [4.78, 5) is 25.0. The van der Waals surface area contributed by atoms with Gasteiger partial charge in [0, 0.05) is 6.07 Å². The molecule has 0 bridgehead atoms. The molecule has 2 aromatic rings. The van der Waals surface area contributed by atoms with Crippen molar-refractivity contribution in [3.63, 3.8) is 0 Å². The quantitative estimate of drug-likeness (QED) is 0.527. The molecule has 3 rings (SSSR count). The van der Waals surface area contributed by atoms with Gasteiger partial charge in [-0.1, -0.05) is 44.2 Å². The minimum absolute atomic E-state index is 0.331. The van der Waals surface area contributed by atoms with Crippen LogP contribution in [0.4, 0.5) is 0 Å². The van der Waals surface area contributed by atoms with Crippen LogP contribution in [0.15, 0.2) is 48.5 Å². The monoisotopic (exact) mass is 384 g/mol. The van der Waals surface area contributed by atoms with Gasteiger partial charge in [0.1, 0.15) is 18.1 Å². The number of hydrogen-bond acceptors (Lipinski definition) is 6. The summed E-state index contributed by atoms with van der Waals surface area (Å²) < 4.78 is 22.1. The summed E-state index contributed by atoms with van der Waals surface area (Å²) in [6.45, 7) is 3.95. The summed E-state index contributed by atoms with van der Waals surface area (Å²) in [5.41, 5.74) is 0.260. The Labute approximate surface area is 164 Å². The van der Waals surface area contributed by atoms with E-state index in [1.165, 1.54) is 7.11 Å². The lowest BCUT2D eigenvalue weighted by Gasteiger charge is -2.35. The molecule has 0 aliphatic carbocycles. The summed E-state index contributed by atoms with van der Waals surface area (Å²) in [6.07, 6.45) is -0.474. The Morgan fingerprint density at radius 2 is 1.61 bits per heavy atom. The fourth-order valence-corrected chi connectivity index (χ4v) is 3.20. The molecule has 1 heterocycles. The first-order valence-corrected chi connectivity index (χ1v) is 9.31. The largest absolute Gasteiger partial charge is 0.496 e. The fourth-order valence-electron chi connectivity index (χ4n) is 3.20. The zero-order chi connectivity index (χ0) is 20.1. The van der Waals surface area contributed by atoms with Gasteiger partial charge in [-0.05, 0) is 30.5 Å². The average Bonchev–Trinajstić information content (AvgIpc) is 2.73. The van der Waals surface area contributed by atoms with E-state index >= 15 is 0 Å². The third-order valence-corrected chi connectivity index (χ3v) is 5.12. The van der Waals surface area contributed by atoms with Crippen LogP contribution in [-0.2, 0) is 25.7 Å². The number of esters is 2. The second-order valence-electron chi connectivity index (χ2n) is 6.61. The van der Waals surface area contributed by atoms with Gasteiger partial charge >= 0.3 is 11.9 Å². The van der Waals surface area contributed by atoms with Crippen molar-refractivity contribution in [1.29, 1.82) is 0 Å². The van der Waals surface area contributed by atoms with Crippen LogP contribution in [-0.4, -0.2) is 19.0 Å². The predicted molar refractivity (Wildman–Crippen MR) is 102 cm³/mol. The van der Waals surface area contributed by atoms with Gasteiger partial charge < -0.3 is 18.9 Å². The number of carbonyl (C=O) groups is 2. The van der Waals surface area contributed by atoms with Crippen molar-refractivity contribution in [1.82, 2.24) is 0 Å². The Hall–Kier alpha value is -3.02. The van der Waals surface area contributed by atoms with E-state index in [0.717, 1.165) is 5.56 Å². The van der Waals surface area contributed by atoms with Gasteiger partial charge in [-0.3, -0.25) is 9.59 Å². The molecule has 1 saturated heterocycles. The third kappa shape index (κ3) is 3.67. The molecule has 2 aromatic carbocycles. The summed E-state index contributed by atoms with van der Waals surface area (Å²) >= 11 is 0. The number of cyclic esters (lactones) is 2. The molecule has 0 radical (unpaired) electrons. The molecule has 1 aliphatic rings. The molecule has 28 heavy (non-hydrogen) atoms. The smallest absolute Gasteiger partial charge is 0.326 e. The molecule has 0 N–H and O–H groups in total. The summed E-state index contributed by atoms with van der Waals surface area (Å²) in [7, 11) is 1.49. The zero-order valence-electron chi connectivity index (χ0n) is 16.3. The first-order valence-electron chi connectivity index (χ1n) is 9.31. The standard InChI is InChI=1S/C22H24O6/c1-4-22(5-2)20(23)27-19(28-21(22)24)17-12-11-16(13-18(17)25-3)26-14-15-9-7-6-8-10-15/h6-13,19H,4-5,14H2,1-3H3. The van der Waals surface area contributed by atoms with Crippen molar-refractivity contribution in [2.24, 2.45) is 5.41 Å². The third-order valence-electron chi connectivity index (χ3n) is 5.12. The number of benzene rings is 2. The lowest BCUT2D eigenvalue weighted by molar-refractivity contribution is -0.226. The predicted octanol–water partition coefficient (Wildman–Crippen LogP) is 4.18. The normalized spacial score (nSPS) is 16.2. The minimum Gasteiger partial charge on any atom is -0.496 e. The molecular weight excluding hydrogens is 360 g/mol. The second-order valence-corrected chi connectivity index (χ2v) is 6.61. The highest BCUT2D eigenvalue weighted by molar-refractivity contribution is 6.01. The zero-order valence-corrected chi connectivity index (χ0v) is 16.3. The van der Waals surface area contributed by atoms with Crippen molar-refractivity contribution in [2.45, 2.75) is 39.6 Å². The van der Waals surface area contributed by atoms with E-state index in [0.29, 0.717) is 36.5 Å². The highest BCUT2D eigenvalue weighted by atomic mass is 16.7. The maximum absolute atomic E-state index is 12.5. The molecule has 0 aromatic heterocycles. The van der Waals surface area contributed by atoms with E-state index in [9.17, 15) is 9.59 Å². The molecule has 6 heteroatoms. The van der Waals surface area contributed by atoms with Crippen LogP contribution in [0.3, 0.4) is 0 Å². The molecular formula is C22H24O6. The lowest BCUT2D eigenvalue weighted by Crippen LogP contribution is -2.46. The average molecular weight is 384 g/mol. The molecule has 0 amide bonds. The topological polar surface area (TPSA) is 71.1 Å². The molecule has 0 spiro atoms. The van der Waals surface area contributed by atoms with Gasteiger partial charge in [-0.25, -0.2) is 0 Å². The number of ether oxygens (including phenoxy) is 4. The van der Waals surface area contributed by atoms with Crippen LogP contribution in [0.5, 0.6) is 11.5 Å². The Morgan fingerprint density at radius 1 is 0.964 bits per heavy atom. The lowest BCUT2D eigenvalue weighted by atomic mass is 9.82. The Morgan fingerprint density at radius 3 is 2.18 bits per heavy atom. The van der Waals surface area contributed by atoms with Gasteiger partial charge in [0.25, 0.3) is 6.29 Å². The van der Waals surface area contributed by atoms with E-state index in [1.54, 1.807) is 32.0 Å². The maximum atomic E-state index is 12.5. The number of rotatable bonds is 7. The summed E-state index contributed by atoms with van der Waals surface area (Å²) in [6, 6.07) is 14.9. The van der Waals surface area contributed by atoms with Crippen LogP contribution < -0.4 is 9.47 Å². The van der Waals surface area contributed by atoms with Gasteiger partial charge in [0.15, 0.2) is 5.41 Å². The van der Waals surface area contributed by atoms with Gasteiger partial charge in [0.05, 0.1) is 12.7 Å². The first kappa shape index (κ1) is 19.7. The van der Waals surface area contributed by atoms with Gasteiger partial charge in [-0.15, -0.1) is 0 Å². The van der Waals surface area contributed by atoms with Gasteiger partial charge in [-0.2, -0.15) is 0 Å². The van der Waals surface area contributed by atoms with Crippen LogP contribution in [0.1, 0.15) is 44.1 Å². The number of methoxy groups -OCH3 is 1. The Kier molecular flexibility index (Phi) is 5.87. The SMILES string of the molecule is CCC1(CC)C(=O)OC(c2ccc(OCc3ccccc3)cc2OC)OC1=O. The highest BCUT2D eigenvalue weighted by Gasteiger charge is 2.52. The van der Waals surface area contributed by atoms with E-state index in [2.05, 4.69) is 0 Å². The maximum Gasteiger partial charge on any atom is 0.326 e. The Balaban J connectivity index is 1.77. The second kappa shape index (κ2) is 8.33. The van der Waals surface area contributed by atoms with Crippen LogP contribution in [0.2, 0.25) is 0 Å². The van der Waals surface area contributed by atoms with Crippen LogP contribution in [0, 0.1) is 5.41 Å². The van der Waals surface area contributed by atoms with Crippen molar-refractivity contribution >= 4 is 11.9 Å². The van der Waals surface area contributed by atoms with Crippen molar-refractivity contribution in [2.75, 3.05) is 7.11 Å². The van der Waals surface area contributed by atoms with E-state index in [1.807, 2.05) is 30.3 Å². The van der Waals surface area contributed by atoms with Gasteiger partial charge in [0.2, 0.25) is 0 Å². The highest BCUT2D eigenvalue weighted by Crippen LogP contribution is 2.41. The van der Waals surface area contributed by atoms with Crippen molar-refractivity contribution in [3.05, 3.63) is 59.7 Å². The molecule has 6 nitrogen and oxygen atoms in total. The molecule has 0 saturated carbocycles. The van der Waals surface area contributed by atoms with E-state index in [4.69, 9.17) is 18.9 Å². The molecule has 0 atom stereocenters. The first-order chi connectivity index (χ1) is 13.5. The number of carbonyl (C=O) groups excluding carboxylic acids is 2. The van der Waals surface area contributed by atoms with Crippen molar-refractivity contribution in [3.8, 4) is 11.5 Å². The molecule has 0 unspecified atom stereocenters.